The summed E-state index contributed by atoms with van der Waals surface area (Å²) in [5.41, 5.74) is 2.85. The minimum Gasteiger partial charge on any atom is -0.497 e. The number of carboxylic acids is 2. The highest BCUT2D eigenvalue weighted by molar-refractivity contribution is 6.06. The number of allylic oxidation sites excluding steroid dienone is 1. The van der Waals surface area contributed by atoms with E-state index in [2.05, 4.69) is 27.3 Å². The first-order valence-corrected chi connectivity index (χ1v) is 14.3. The zero-order chi connectivity index (χ0) is 30.4. The molecule has 0 bridgehead atoms. The zero-order valence-electron chi connectivity index (χ0n) is 24.7. The average Bonchev–Trinajstić information content (AvgIpc) is 2.96. The Labute approximate surface area is 246 Å². The second-order valence-corrected chi connectivity index (χ2v) is 11.1. The van der Waals surface area contributed by atoms with Gasteiger partial charge in [0.1, 0.15) is 11.7 Å². The Kier molecular flexibility index (Phi) is 10.0. The largest absolute Gasteiger partial charge is 0.497 e. The number of aliphatic carboxylic acids is 2. The molecule has 0 aromatic heterocycles. The van der Waals surface area contributed by atoms with Crippen LogP contribution in [0.3, 0.4) is 0 Å². The first kappa shape index (κ1) is 30.8. The van der Waals surface area contributed by atoms with E-state index in [1.165, 1.54) is 5.56 Å². The van der Waals surface area contributed by atoms with Crippen molar-refractivity contribution in [3.8, 4) is 5.75 Å². The monoisotopic (exact) mass is 576 g/mol. The fraction of sp³-hybridized carbons (Fsp3) is 0.438. The first-order chi connectivity index (χ1) is 20.1. The standard InChI is InChI=1S/C32H40N4O6/c1-20-27(30(37)38)29(28(31(39)40)21(2)33-20)24-9-5-10-25(18-24)34-32(41)35(3)14-7-15-36-16-12-22(13-17-36)23-8-6-11-26(19-23)42-4/h5-6,8-11,18-19,22,27,29H,7,12-17H2,1-4H3,(H,34,41)(H,37,38)(H,39,40). The van der Waals surface area contributed by atoms with Crippen LogP contribution in [0, 0.1) is 5.92 Å². The van der Waals surface area contributed by atoms with Crippen molar-refractivity contribution in [2.45, 2.75) is 44.9 Å². The number of piperidine rings is 1. The van der Waals surface area contributed by atoms with Gasteiger partial charge in [-0.2, -0.15) is 0 Å². The van der Waals surface area contributed by atoms with Gasteiger partial charge in [0, 0.05) is 36.6 Å². The van der Waals surface area contributed by atoms with E-state index in [1.807, 2.05) is 12.1 Å². The van der Waals surface area contributed by atoms with Crippen LogP contribution in [-0.4, -0.2) is 84.0 Å². The van der Waals surface area contributed by atoms with Crippen molar-refractivity contribution < 1.29 is 29.3 Å². The van der Waals surface area contributed by atoms with Gasteiger partial charge in [-0.15, -0.1) is 0 Å². The van der Waals surface area contributed by atoms with Crippen molar-refractivity contribution in [3.05, 3.63) is 70.9 Å². The van der Waals surface area contributed by atoms with E-state index in [4.69, 9.17) is 4.74 Å². The molecule has 224 valence electrons. The number of rotatable bonds is 10. The Balaban J connectivity index is 1.31. The maximum absolute atomic E-state index is 13.0. The van der Waals surface area contributed by atoms with Crippen molar-refractivity contribution in [1.82, 2.24) is 9.80 Å². The van der Waals surface area contributed by atoms with Gasteiger partial charge in [-0.1, -0.05) is 24.3 Å². The number of benzene rings is 2. The molecule has 1 fully saturated rings. The molecule has 0 saturated carbocycles. The number of nitrogens with zero attached hydrogens (tertiary/aromatic N) is 3. The molecule has 2 aliphatic rings. The van der Waals surface area contributed by atoms with Crippen LogP contribution in [-0.2, 0) is 9.59 Å². The molecule has 1 saturated heterocycles. The number of carbonyl (C=O) groups excluding carboxylic acids is 1. The summed E-state index contributed by atoms with van der Waals surface area (Å²) in [6, 6.07) is 14.8. The van der Waals surface area contributed by atoms with Gasteiger partial charge >= 0.3 is 18.0 Å². The number of amides is 2. The highest BCUT2D eigenvalue weighted by Gasteiger charge is 2.41. The lowest BCUT2D eigenvalue weighted by Gasteiger charge is -2.32. The van der Waals surface area contributed by atoms with Gasteiger partial charge < -0.3 is 30.1 Å². The number of anilines is 1. The minimum absolute atomic E-state index is 0.0545. The van der Waals surface area contributed by atoms with Crippen LogP contribution in [0.15, 0.2) is 64.8 Å². The summed E-state index contributed by atoms with van der Waals surface area (Å²) in [5, 5.41) is 22.6. The van der Waals surface area contributed by atoms with Crippen molar-refractivity contribution in [3.63, 3.8) is 0 Å². The molecule has 0 aliphatic carbocycles. The molecule has 2 aromatic rings. The van der Waals surface area contributed by atoms with Crippen LogP contribution in [0.2, 0.25) is 0 Å². The lowest BCUT2D eigenvalue weighted by molar-refractivity contribution is -0.140. The highest BCUT2D eigenvalue weighted by Crippen LogP contribution is 2.40. The summed E-state index contributed by atoms with van der Waals surface area (Å²) in [6.07, 6.45) is 3.02. The average molecular weight is 577 g/mol. The van der Waals surface area contributed by atoms with E-state index in [-0.39, 0.29) is 17.3 Å². The summed E-state index contributed by atoms with van der Waals surface area (Å²) in [4.78, 5) is 45.4. The third kappa shape index (κ3) is 7.17. The van der Waals surface area contributed by atoms with E-state index < -0.39 is 23.8 Å². The molecule has 2 aromatic carbocycles. The Morgan fingerprint density at radius 3 is 2.40 bits per heavy atom. The molecular formula is C32H40N4O6. The summed E-state index contributed by atoms with van der Waals surface area (Å²) in [5.74, 6) is -2.98. The topological polar surface area (TPSA) is 132 Å². The number of nitrogens with one attached hydrogen (secondary N) is 1. The number of ether oxygens (including phenoxy) is 1. The van der Waals surface area contributed by atoms with E-state index >= 15 is 0 Å². The van der Waals surface area contributed by atoms with Gasteiger partial charge in [0.05, 0.1) is 12.7 Å². The van der Waals surface area contributed by atoms with Crippen LogP contribution in [0.1, 0.15) is 56.1 Å². The molecule has 3 N–H and O–H groups in total. The van der Waals surface area contributed by atoms with E-state index in [0.29, 0.717) is 29.4 Å². The molecule has 2 unspecified atom stereocenters. The van der Waals surface area contributed by atoms with Crippen LogP contribution in [0.5, 0.6) is 5.75 Å². The van der Waals surface area contributed by atoms with Gasteiger partial charge in [-0.25, -0.2) is 9.59 Å². The van der Waals surface area contributed by atoms with Crippen molar-refractivity contribution in [2.75, 3.05) is 45.7 Å². The summed E-state index contributed by atoms with van der Waals surface area (Å²) in [7, 11) is 3.43. The van der Waals surface area contributed by atoms with Gasteiger partial charge in [0.15, 0.2) is 0 Å². The molecule has 2 atom stereocenters. The molecule has 2 amide bonds. The van der Waals surface area contributed by atoms with Crippen LogP contribution < -0.4 is 10.1 Å². The third-order valence-corrected chi connectivity index (χ3v) is 8.29. The minimum atomic E-state index is -1.21. The number of carbonyl (C=O) groups is 3. The number of urea groups is 1. The smallest absolute Gasteiger partial charge is 0.334 e. The Bertz CT molecular complexity index is 1380. The van der Waals surface area contributed by atoms with Crippen LogP contribution in [0.4, 0.5) is 10.5 Å². The van der Waals surface area contributed by atoms with Gasteiger partial charge in [-0.3, -0.25) is 9.79 Å². The lowest BCUT2D eigenvalue weighted by atomic mass is 9.75. The Morgan fingerprint density at radius 1 is 1.05 bits per heavy atom. The first-order valence-electron chi connectivity index (χ1n) is 14.3. The van der Waals surface area contributed by atoms with Crippen LogP contribution >= 0.6 is 0 Å². The second kappa shape index (κ2) is 13.7. The lowest BCUT2D eigenvalue weighted by Crippen LogP contribution is -2.37. The quantitative estimate of drug-likeness (QED) is 0.361. The third-order valence-electron chi connectivity index (χ3n) is 8.29. The molecule has 4 rings (SSSR count). The van der Waals surface area contributed by atoms with Gasteiger partial charge in [0.2, 0.25) is 0 Å². The number of hydrogen-bond acceptors (Lipinski definition) is 6. The van der Waals surface area contributed by atoms with Gasteiger partial charge in [0.25, 0.3) is 0 Å². The number of aliphatic imine (C=N–C) groups is 1. The van der Waals surface area contributed by atoms with Crippen molar-refractivity contribution in [2.24, 2.45) is 10.9 Å². The summed E-state index contributed by atoms with van der Waals surface area (Å²) in [6.45, 7) is 6.67. The van der Waals surface area contributed by atoms with E-state index in [9.17, 15) is 24.6 Å². The predicted molar refractivity (Wildman–Crippen MR) is 161 cm³/mol. The second-order valence-electron chi connectivity index (χ2n) is 11.1. The fourth-order valence-electron chi connectivity index (χ4n) is 6.04. The van der Waals surface area contributed by atoms with Crippen molar-refractivity contribution in [1.29, 1.82) is 0 Å². The molecule has 10 nitrogen and oxygen atoms in total. The molecule has 0 spiro atoms. The summed E-state index contributed by atoms with van der Waals surface area (Å²) >= 11 is 0. The highest BCUT2D eigenvalue weighted by atomic mass is 16.5. The number of methoxy groups -OCH3 is 1. The number of likely N-dealkylation sites (tertiary alicyclic amines) is 1. The number of hydrogen-bond donors (Lipinski definition) is 3. The summed E-state index contributed by atoms with van der Waals surface area (Å²) < 4.78 is 5.37. The molecule has 2 aliphatic heterocycles. The SMILES string of the molecule is COc1cccc(C2CCN(CCCN(C)C(=O)Nc3cccc(C4C(C(=O)O)=C(C)N=C(C)C4C(=O)O)c3)CC2)c1. The zero-order valence-corrected chi connectivity index (χ0v) is 24.7. The van der Waals surface area contributed by atoms with Crippen molar-refractivity contribution >= 4 is 29.4 Å². The molecule has 0 radical (unpaired) electrons. The maximum Gasteiger partial charge on any atom is 0.334 e. The molecule has 2 heterocycles. The molecule has 42 heavy (non-hydrogen) atoms. The molecular weight excluding hydrogens is 536 g/mol. The van der Waals surface area contributed by atoms with Crippen LogP contribution in [0.25, 0.3) is 0 Å². The van der Waals surface area contributed by atoms with E-state index in [0.717, 1.165) is 44.6 Å². The number of carboxylic acid groups (broad SMARTS) is 2. The molecule has 10 heteroatoms. The maximum atomic E-state index is 13.0. The van der Waals surface area contributed by atoms with Gasteiger partial charge in [-0.05, 0) is 94.1 Å². The predicted octanol–water partition coefficient (Wildman–Crippen LogP) is 5.05. The Morgan fingerprint density at radius 2 is 1.74 bits per heavy atom. The normalized spacial score (nSPS) is 19.7. The van der Waals surface area contributed by atoms with E-state index in [1.54, 1.807) is 57.2 Å². The Hall–Kier alpha value is -4.18. The fourth-order valence-corrected chi connectivity index (χ4v) is 6.04.